The Morgan fingerprint density at radius 2 is 1.57 bits per heavy atom. The topological polar surface area (TPSA) is 20.2 Å². The van der Waals surface area contributed by atoms with Crippen molar-refractivity contribution in [2.24, 2.45) is 29.1 Å². The van der Waals surface area contributed by atoms with Crippen LogP contribution < -0.4 is 0 Å². The number of hydrogen-bond acceptors (Lipinski definition) is 1. The van der Waals surface area contributed by atoms with Gasteiger partial charge in [0.05, 0.1) is 5.60 Å². The molecule has 0 heterocycles. The quantitative estimate of drug-likeness (QED) is 0.643. The summed E-state index contributed by atoms with van der Waals surface area (Å²) in [5, 5.41) is 10.4. The second-order valence-electron chi connectivity index (χ2n) is 8.94. The molecule has 0 amide bonds. The predicted molar refractivity (Wildman–Crippen MR) is 92.6 cm³/mol. The Kier molecular flexibility index (Phi) is 4.52. The van der Waals surface area contributed by atoms with E-state index in [9.17, 15) is 5.11 Å². The molecule has 3 aliphatic rings. The number of aliphatic hydroxyl groups is 1. The smallest absolute Gasteiger partial charge is 0.0622 e. The fraction of sp³-hybridized carbons (Fsp3) is 1.00. The molecule has 7 atom stereocenters. The molecule has 0 bridgehead atoms. The van der Waals surface area contributed by atoms with Crippen molar-refractivity contribution in [1.82, 2.24) is 0 Å². The molecular formula is C19H33BrO. The SMILES string of the molecule is CCC(Br)[C@@]1(C)CC[C@H]2[C@@H](CC[C@@H]3C[C@](C)(O)CC[C@@H]32)C1. The van der Waals surface area contributed by atoms with Crippen LogP contribution in [0.2, 0.25) is 0 Å². The van der Waals surface area contributed by atoms with Crippen LogP contribution in [0.15, 0.2) is 0 Å². The minimum Gasteiger partial charge on any atom is -0.390 e. The van der Waals surface area contributed by atoms with Gasteiger partial charge >= 0.3 is 0 Å². The van der Waals surface area contributed by atoms with Gasteiger partial charge in [0.15, 0.2) is 0 Å². The first-order valence-electron chi connectivity index (χ1n) is 9.21. The molecule has 1 nitrogen and oxygen atoms in total. The van der Waals surface area contributed by atoms with Crippen LogP contribution in [0.25, 0.3) is 0 Å². The van der Waals surface area contributed by atoms with E-state index in [4.69, 9.17) is 0 Å². The van der Waals surface area contributed by atoms with Gasteiger partial charge in [-0.25, -0.2) is 0 Å². The van der Waals surface area contributed by atoms with Crippen molar-refractivity contribution in [2.45, 2.75) is 89.0 Å². The van der Waals surface area contributed by atoms with Crippen LogP contribution in [0, 0.1) is 29.1 Å². The second kappa shape index (κ2) is 5.82. The number of rotatable bonds is 2. The van der Waals surface area contributed by atoms with E-state index in [1.807, 2.05) is 0 Å². The Morgan fingerprint density at radius 1 is 1.00 bits per heavy atom. The van der Waals surface area contributed by atoms with Crippen molar-refractivity contribution >= 4 is 15.9 Å². The fourth-order valence-electron chi connectivity index (χ4n) is 6.08. The highest BCUT2D eigenvalue weighted by Crippen LogP contribution is 2.57. The van der Waals surface area contributed by atoms with Crippen molar-refractivity contribution in [3.8, 4) is 0 Å². The average Bonchev–Trinajstić information content (AvgIpc) is 2.44. The normalized spacial score (nSPS) is 51.9. The summed E-state index contributed by atoms with van der Waals surface area (Å²) in [7, 11) is 0. The number of alkyl halides is 1. The maximum atomic E-state index is 10.4. The molecule has 0 radical (unpaired) electrons. The summed E-state index contributed by atoms with van der Waals surface area (Å²) >= 11 is 3.96. The van der Waals surface area contributed by atoms with Crippen LogP contribution in [0.3, 0.4) is 0 Å². The Balaban J connectivity index is 1.69. The maximum absolute atomic E-state index is 10.4. The van der Waals surface area contributed by atoms with Gasteiger partial charge in [-0.05, 0) is 93.8 Å². The molecule has 3 fully saturated rings. The van der Waals surface area contributed by atoms with Gasteiger partial charge in [-0.3, -0.25) is 0 Å². The summed E-state index contributed by atoms with van der Waals surface area (Å²) in [5.74, 6) is 3.65. The van der Waals surface area contributed by atoms with Crippen molar-refractivity contribution in [3.63, 3.8) is 0 Å². The monoisotopic (exact) mass is 356 g/mol. The second-order valence-corrected chi connectivity index (χ2v) is 10.0. The molecule has 0 saturated heterocycles. The molecule has 122 valence electrons. The standard InChI is InChI=1S/C19H33BrO/c1-4-17(20)18(2)9-7-15-13(11-18)5-6-14-12-19(3,21)10-8-16(14)15/h13-17,21H,4-12H2,1-3H3/t13-,14+,15-,16-,17?,18-,19+/m0/s1. The molecule has 1 N–H and O–H groups in total. The summed E-state index contributed by atoms with van der Waals surface area (Å²) in [6.45, 7) is 6.89. The molecule has 3 rings (SSSR count). The third-order valence-corrected chi connectivity index (χ3v) is 9.03. The molecular weight excluding hydrogens is 324 g/mol. The summed E-state index contributed by atoms with van der Waals surface area (Å²) in [6, 6.07) is 0. The van der Waals surface area contributed by atoms with Crippen LogP contribution in [0.4, 0.5) is 0 Å². The Morgan fingerprint density at radius 3 is 2.19 bits per heavy atom. The van der Waals surface area contributed by atoms with E-state index in [0.29, 0.717) is 10.2 Å². The van der Waals surface area contributed by atoms with Gasteiger partial charge in [0.25, 0.3) is 0 Å². The van der Waals surface area contributed by atoms with Crippen LogP contribution in [0.5, 0.6) is 0 Å². The Hall–Kier alpha value is 0.440. The van der Waals surface area contributed by atoms with Gasteiger partial charge < -0.3 is 5.11 Å². The first-order chi connectivity index (χ1) is 9.85. The highest BCUT2D eigenvalue weighted by atomic mass is 79.9. The zero-order valence-corrected chi connectivity index (χ0v) is 15.7. The summed E-state index contributed by atoms with van der Waals surface area (Å²) < 4.78 is 0. The van der Waals surface area contributed by atoms with E-state index in [-0.39, 0.29) is 5.60 Å². The van der Waals surface area contributed by atoms with Gasteiger partial charge in [0.1, 0.15) is 0 Å². The fourth-order valence-corrected chi connectivity index (χ4v) is 6.50. The van der Waals surface area contributed by atoms with Gasteiger partial charge in [0, 0.05) is 4.83 Å². The van der Waals surface area contributed by atoms with E-state index < -0.39 is 0 Å². The van der Waals surface area contributed by atoms with Gasteiger partial charge in [-0.15, -0.1) is 0 Å². The first-order valence-corrected chi connectivity index (χ1v) is 10.1. The third kappa shape index (κ3) is 3.09. The molecule has 21 heavy (non-hydrogen) atoms. The first kappa shape index (κ1) is 16.3. The largest absolute Gasteiger partial charge is 0.390 e. The maximum Gasteiger partial charge on any atom is 0.0622 e. The number of halogens is 1. The van der Waals surface area contributed by atoms with Crippen LogP contribution >= 0.6 is 15.9 Å². The molecule has 0 aromatic carbocycles. The highest BCUT2D eigenvalue weighted by Gasteiger charge is 2.49. The molecule has 0 aliphatic heterocycles. The molecule has 2 heteroatoms. The lowest BCUT2D eigenvalue weighted by molar-refractivity contribution is -0.0780. The molecule has 0 aromatic rings. The molecule has 3 aliphatic carbocycles. The lowest BCUT2D eigenvalue weighted by atomic mass is 9.52. The van der Waals surface area contributed by atoms with Crippen molar-refractivity contribution < 1.29 is 5.11 Å². The average molecular weight is 357 g/mol. The highest BCUT2D eigenvalue weighted by molar-refractivity contribution is 9.09. The van der Waals surface area contributed by atoms with Crippen LogP contribution in [-0.4, -0.2) is 15.5 Å². The van der Waals surface area contributed by atoms with E-state index in [1.54, 1.807) is 0 Å². The van der Waals surface area contributed by atoms with Crippen LogP contribution in [-0.2, 0) is 0 Å². The van der Waals surface area contributed by atoms with Gasteiger partial charge in [-0.1, -0.05) is 29.8 Å². The minimum atomic E-state index is -0.375. The lowest BCUT2D eigenvalue weighted by Gasteiger charge is -2.54. The van der Waals surface area contributed by atoms with Gasteiger partial charge in [-0.2, -0.15) is 0 Å². The molecule has 0 spiro atoms. The van der Waals surface area contributed by atoms with Crippen molar-refractivity contribution in [3.05, 3.63) is 0 Å². The number of hydrogen-bond donors (Lipinski definition) is 1. The summed E-state index contributed by atoms with van der Waals surface area (Å²) in [4.78, 5) is 0.691. The zero-order valence-electron chi connectivity index (χ0n) is 14.1. The van der Waals surface area contributed by atoms with Crippen LogP contribution in [0.1, 0.15) is 78.6 Å². The molecule has 3 saturated carbocycles. The van der Waals surface area contributed by atoms with Gasteiger partial charge in [0.2, 0.25) is 0 Å². The Bertz CT molecular complexity index is 380. The van der Waals surface area contributed by atoms with E-state index in [2.05, 4.69) is 36.7 Å². The van der Waals surface area contributed by atoms with E-state index in [1.165, 1.54) is 44.9 Å². The third-order valence-electron chi connectivity index (χ3n) is 7.28. The zero-order chi connectivity index (χ0) is 15.3. The molecule has 0 aromatic heterocycles. The van der Waals surface area contributed by atoms with Crippen molar-refractivity contribution in [1.29, 1.82) is 0 Å². The predicted octanol–water partition coefficient (Wildman–Crippen LogP) is 5.54. The molecule has 1 unspecified atom stereocenters. The summed E-state index contributed by atoms with van der Waals surface area (Å²) in [5.41, 5.74) is 0.142. The number of fused-ring (bicyclic) bond motifs is 3. The Labute approximate surface area is 139 Å². The lowest BCUT2D eigenvalue weighted by Crippen LogP contribution is -2.48. The van der Waals surface area contributed by atoms with Crippen molar-refractivity contribution in [2.75, 3.05) is 0 Å². The minimum absolute atomic E-state index is 0.375. The summed E-state index contributed by atoms with van der Waals surface area (Å²) in [6.07, 6.45) is 11.7. The van der Waals surface area contributed by atoms with E-state index in [0.717, 1.165) is 36.5 Å². The van der Waals surface area contributed by atoms with E-state index >= 15 is 0 Å².